The predicted molar refractivity (Wildman–Crippen MR) is 80.9 cm³/mol. The van der Waals surface area contributed by atoms with E-state index in [2.05, 4.69) is 15.9 Å². The zero-order valence-corrected chi connectivity index (χ0v) is 12.3. The average Bonchev–Trinajstić information content (AvgIpc) is 2.64. The number of nitrogens with two attached hydrogens (primary N) is 1. The highest BCUT2D eigenvalue weighted by Gasteiger charge is 2.38. The number of benzene rings is 2. The fourth-order valence-corrected chi connectivity index (χ4v) is 2.99. The number of rotatable bonds is 1. The number of nitrogen functional groups attached to an aromatic ring is 1. The number of carbonyl (C=O) groups excluding carboxylic acids is 2. The fraction of sp³-hybridized carbons (Fsp3) is 0.0667. The van der Waals surface area contributed by atoms with E-state index < -0.39 is 0 Å². The summed E-state index contributed by atoms with van der Waals surface area (Å²) in [6.45, 7) is 1.94. The summed E-state index contributed by atoms with van der Waals surface area (Å²) in [6, 6.07) is 10.4. The molecule has 0 saturated heterocycles. The van der Waals surface area contributed by atoms with E-state index in [1.54, 1.807) is 24.3 Å². The minimum atomic E-state index is -0.382. The first-order chi connectivity index (χ1) is 9.50. The van der Waals surface area contributed by atoms with Crippen LogP contribution in [0.15, 0.2) is 40.9 Å². The molecule has 0 radical (unpaired) electrons. The van der Waals surface area contributed by atoms with E-state index in [0.29, 0.717) is 21.4 Å². The van der Waals surface area contributed by atoms with Gasteiger partial charge in [0, 0.05) is 10.2 Å². The monoisotopic (exact) mass is 330 g/mol. The number of amides is 2. The predicted octanol–water partition coefficient (Wildman–Crippen LogP) is 3.14. The minimum absolute atomic E-state index is 0.282. The number of fused-ring (bicyclic) bond motifs is 1. The Morgan fingerprint density at radius 1 is 1.10 bits per heavy atom. The van der Waals surface area contributed by atoms with Crippen molar-refractivity contribution in [3.8, 4) is 0 Å². The van der Waals surface area contributed by atoms with Gasteiger partial charge in [-0.05, 0) is 52.7 Å². The Labute approximate surface area is 124 Å². The molecule has 2 aromatic rings. The number of hydrogen-bond acceptors (Lipinski definition) is 3. The maximum Gasteiger partial charge on any atom is 0.268 e. The molecule has 20 heavy (non-hydrogen) atoms. The molecule has 0 atom stereocenters. The van der Waals surface area contributed by atoms with Crippen LogP contribution in [-0.4, -0.2) is 11.8 Å². The molecule has 3 rings (SSSR count). The molecule has 1 aliphatic rings. The van der Waals surface area contributed by atoms with Crippen LogP contribution in [0.4, 0.5) is 11.4 Å². The zero-order valence-electron chi connectivity index (χ0n) is 10.7. The van der Waals surface area contributed by atoms with Crippen LogP contribution in [0.3, 0.4) is 0 Å². The van der Waals surface area contributed by atoms with Gasteiger partial charge in [0.25, 0.3) is 11.8 Å². The van der Waals surface area contributed by atoms with E-state index in [-0.39, 0.29) is 17.4 Å². The second-order valence-corrected chi connectivity index (χ2v) is 5.52. The van der Waals surface area contributed by atoms with Crippen LogP contribution >= 0.6 is 15.9 Å². The number of halogens is 1. The fourth-order valence-electron chi connectivity index (χ4n) is 2.32. The minimum Gasteiger partial charge on any atom is -0.398 e. The summed E-state index contributed by atoms with van der Waals surface area (Å²) in [5, 5.41) is 0. The quantitative estimate of drug-likeness (QED) is 0.645. The van der Waals surface area contributed by atoms with Gasteiger partial charge >= 0.3 is 0 Å². The summed E-state index contributed by atoms with van der Waals surface area (Å²) in [6.07, 6.45) is 0. The van der Waals surface area contributed by atoms with Gasteiger partial charge in [0.05, 0.1) is 16.8 Å². The average molecular weight is 331 g/mol. The Hall–Kier alpha value is -2.14. The highest BCUT2D eigenvalue weighted by atomic mass is 79.9. The highest BCUT2D eigenvalue weighted by Crippen LogP contribution is 2.35. The van der Waals surface area contributed by atoms with E-state index >= 15 is 0 Å². The van der Waals surface area contributed by atoms with Crippen LogP contribution in [0, 0.1) is 6.92 Å². The van der Waals surface area contributed by atoms with Gasteiger partial charge in [-0.15, -0.1) is 0 Å². The van der Waals surface area contributed by atoms with E-state index in [1.807, 2.05) is 19.1 Å². The number of carbonyl (C=O) groups is 2. The summed E-state index contributed by atoms with van der Waals surface area (Å²) < 4.78 is 0.700. The van der Waals surface area contributed by atoms with Crippen molar-refractivity contribution < 1.29 is 9.59 Å². The molecule has 2 aromatic carbocycles. The van der Waals surface area contributed by atoms with Crippen LogP contribution < -0.4 is 10.6 Å². The number of aryl methyl sites for hydroxylation is 1. The van der Waals surface area contributed by atoms with E-state index in [9.17, 15) is 9.59 Å². The Kier molecular flexibility index (Phi) is 2.87. The van der Waals surface area contributed by atoms with Crippen LogP contribution in [0.25, 0.3) is 0 Å². The van der Waals surface area contributed by atoms with Crippen LogP contribution in [0.1, 0.15) is 26.3 Å². The van der Waals surface area contributed by atoms with Gasteiger partial charge in [0.15, 0.2) is 0 Å². The topological polar surface area (TPSA) is 63.4 Å². The molecule has 0 aromatic heterocycles. The first kappa shape index (κ1) is 12.9. The molecule has 2 N–H and O–H groups in total. The van der Waals surface area contributed by atoms with Crippen molar-refractivity contribution in [1.29, 1.82) is 0 Å². The summed E-state index contributed by atoms with van der Waals surface area (Å²) >= 11 is 3.40. The molecular weight excluding hydrogens is 320 g/mol. The van der Waals surface area contributed by atoms with Crippen LogP contribution in [0.5, 0.6) is 0 Å². The van der Waals surface area contributed by atoms with Gasteiger partial charge in [0.1, 0.15) is 0 Å². The second kappa shape index (κ2) is 4.45. The van der Waals surface area contributed by atoms with Gasteiger partial charge < -0.3 is 5.73 Å². The first-order valence-corrected chi connectivity index (χ1v) is 6.83. The van der Waals surface area contributed by atoms with Crippen molar-refractivity contribution in [3.05, 3.63) is 57.6 Å². The third-order valence-electron chi connectivity index (χ3n) is 3.29. The molecule has 0 fully saturated rings. The number of hydrogen-bond donors (Lipinski definition) is 1. The molecule has 4 nitrogen and oxygen atoms in total. The Morgan fingerprint density at radius 3 is 2.50 bits per heavy atom. The molecule has 0 aliphatic carbocycles. The highest BCUT2D eigenvalue weighted by molar-refractivity contribution is 9.10. The molecular formula is C15H11BrN2O2. The lowest BCUT2D eigenvalue weighted by atomic mass is 10.1. The number of nitrogens with zero attached hydrogens (tertiary/aromatic N) is 1. The maximum absolute atomic E-state index is 12.5. The van der Waals surface area contributed by atoms with Gasteiger partial charge in [-0.1, -0.05) is 12.1 Å². The molecule has 1 heterocycles. The van der Waals surface area contributed by atoms with Crippen molar-refractivity contribution in [3.63, 3.8) is 0 Å². The Balaban J connectivity index is 2.17. The Morgan fingerprint density at radius 2 is 1.85 bits per heavy atom. The lowest BCUT2D eigenvalue weighted by Crippen LogP contribution is -2.29. The van der Waals surface area contributed by atoms with Gasteiger partial charge in [-0.3, -0.25) is 9.59 Å². The smallest absolute Gasteiger partial charge is 0.268 e. The van der Waals surface area contributed by atoms with E-state index in [1.165, 1.54) is 0 Å². The maximum atomic E-state index is 12.5. The number of imide groups is 1. The Bertz CT molecular complexity index is 756. The molecule has 0 saturated carbocycles. The third-order valence-corrected chi connectivity index (χ3v) is 3.93. The first-order valence-electron chi connectivity index (χ1n) is 6.04. The standard InChI is InChI=1S/C15H11BrN2O2/c1-8-5-6-12(10(16)7-8)18-14(19)9-3-2-4-11(17)13(9)15(18)20/h2-7H,17H2,1H3. The van der Waals surface area contributed by atoms with E-state index in [4.69, 9.17) is 5.73 Å². The normalized spacial score (nSPS) is 13.8. The zero-order chi connectivity index (χ0) is 14.4. The van der Waals surface area contributed by atoms with Crippen LogP contribution in [-0.2, 0) is 0 Å². The largest absolute Gasteiger partial charge is 0.398 e. The lowest BCUT2D eigenvalue weighted by Gasteiger charge is -2.16. The van der Waals surface area contributed by atoms with Crippen molar-refractivity contribution in [1.82, 2.24) is 0 Å². The van der Waals surface area contributed by atoms with Crippen molar-refractivity contribution >= 4 is 39.1 Å². The molecule has 5 heteroatoms. The molecule has 2 amide bonds. The number of anilines is 2. The van der Waals surface area contributed by atoms with Crippen molar-refractivity contribution in [2.75, 3.05) is 10.6 Å². The SMILES string of the molecule is Cc1ccc(N2C(=O)c3cccc(N)c3C2=O)c(Br)c1. The molecule has 0 unspecified atom stereocenters. The van der Waals surface area contributed by atoms with Crippen molar-refractivity contribution in [2.24, 2.45) is 0 Å². The molecule has 0 bridgehead atoms. The summed E-state index contributed by atoms with van der Waals surface area (Å²) in [4.78, 5) is 26.1. The molecule has 100 valence electrons. The molecule has 1 aliphatic heterocycles. The lowest BCUT2D eigenvalue weighted by molar-refractivity contribution is 0.0926. The summed E-state index contributed by atoms with van der Waals surface area (Å²) in [5.74, 6) is -0.727. The van der Waals surface area contributed by atoms with E-state index in [0.717, 1.165) is 10.5 Å². The third kappa shape index (κ3) is 1.74. The molecule has 0 spiro atoms. The van der Waals surface area contributed by atoms with Gasteiger partial charge in [-0.2, -0.15) is 0 Å². The summed E-state index contributed by atoms with van der Waals surface area (Å²) in [7, 11) is 0. The van der Waals surface area contributed by atoms with Crippen LogP contribution in [0.2, 0.25) is 0 Å². The van der Waals surface area contributed by atoms with Gasteiger partial charge in [0.2, 0.25) is 0 Å². The summed E-state index contributed by atoms with van der Waals surface area (Å²) in [5.41, 5.74) is 8.34. The van der Waals surface area contributed by atoms with Crippen molar-refractivity contribution in [2.45, 2.75) is 6.92 Å². The van der Waals surface area contributed by atoms with Gasteiger partial charge in [-0.25, -0.2) is 4.90 Å². The second-order valence-electron chi connectivity index (χ2n) is 4.67.